The Morgan fingerprint density at radius 2 is 2.05 bits per heavy atom. The van der Waals surface area contributed by atoms with Crippen LogP contribution in [0.2, 0.25) is 0 Å². The number of nitrogens with one attached hydrogen (secondary N) is 1. The summed E-state index contributed by atoms with van der Waals surface area (Å²) in [4.78, 5) is 12.0. The fourth-order valence-corrected chi connectivity index (χ4v) is 2.61. The molecular formula is C15H24N2O2S. The Labute approximate surface area is 125 Å². The van der Waals surface area contributed by atoms with Gasteiger partial charge in [0.2, 0.25) is 5.91 Å². The van der Waals surface area contributed by atoms with E-state index in [1.54, 1.807) is 24.3 Å². The number of hydrogen-bond acceptors (Lipinski definition) is 4. The normalized spacial score (nSPS) is 13.8. The van der Waals surface area contributed by atoms with E-state index in [0.29, 0.717) is 6.42 Å². The fraction of sp³-hybridized carbons (Fsp3) is 0.533. The van der Waals surface area contributed by atoms with Gasteiger partial charge in [-0.1, -0.05) is 19.1 Å². The lowest BCUT2D eigenvalue weighted by Crippen LogP contribution is -2.45. The Bertz CT molecular complexity index is 409. The third kappa shape index (κ3) is 6.30. The fourth-order valence-electron chi connectivity index (χ4n) is 1.81. The van der Waals surface area contributed by atoms with Crippen LogP contribution in [0.4, 0.5) is 0 Å². The average Bonchev–Trinajstić information content (AvgIpc) is 2.41. The predicted octanol–water partition coefficient (Wildman–Crippen LogP) is 1.91. The van der Waals surface area contributed by atoms with Crippen molar-refractivity contribution < 1.29 is 9.90 Å². The van der Waals surface area contributed by atoms with Gasteiger partial charge in [-0.05, 0) is 49.0 Å². The van der Waals surface area contributed by atoms with Gasteiger partial charge in [-0.3, -0.25) is 4.79 Å². The van der Waals surface area contributed by atoms with Crippen LogP contribution < -0.4 is 11.1 Å². The summed E-state index contributed by atoms with van der Waals surface area (Å²) in [5.74, 6) is 2.24. The molecule has 1 aromatic carbocycles. The van der Waals surface area contributed by atoms with Gasteiger partial charge >= 0.3 is 0 Å². The van der Waals surface area contributed by atoms with Crippen LogP contribution in [-0.2, 0) is 11.2 Å². The molecule has 0 spiro atoms. The van der Waals surface area contributed by atoms with Crippen molar-refractivity contribution in [3.05, 3.63) is 29.8 Å². The number of nitrogens with two attached hydrogens (primary N) is 1. The third-order valence-corrected chi connectivity index (χ3v) is 3.95. The lowest BCUT2D eigenvalue weighted by Gasteiger charge is -2.17. The Kier molecular flexibility index (Phi) is 7.47. The molecular weight excluding hydrogens is 272 g/mol. The van der Waals surface area contributed by atoms with Crippen molar-refractivity contribution in [3.63, 3.8) is 0 Å². The quantitative estimate of drug-likeness (QED) is 0.641. The van der Waals surface area contributed by atoms with Crippen LogP contribution in [0.15, 0.2) is 24.3 Å². The van der Waals surface area contributed by atoms with Crippen molar-refractivity contribution in [2.75, 3.05) is 11.5 Å². The number of phenolic OH excluding ortho intramolecular Hbond substituents is 1. The highest BCUT2D eigenvalue weighted by Crippen LogP contribution is 2.11. The molecule has 0 aliphatic heterocycles. The number of aromatic hydroxyl groups is 1. The van der Waals surface area contributed by atoms with Crippen LogP contribution in [0, 0.1) is 0 Å². The Hall–Kier alpha value is -1.20. The summed E-state index contributed by atoms with van der Waals surface area (Å²) < 4.78 is 0. The van der Waals surface area contributed by atoms with Crippen molar-refractivity contribution in [3.8, 4) is 5.75 Å². The van der Waals surface area contributed by atoms with E-state index in [-0.39, 0.29) is 17.7 Å². The lowest BCUT2D eigenvalue weighted by molar-refractivity contribution is -0.122. The number of amides is 1. The molecule has 20 heavy (non-hydrogen) atoms. The molecule has 0 aliphatic rings. The summed E-state index contributed by atoms with van der Waals surface area (Å²) in [6.07, 6.45) is 1.43. The molecule has 4 nitrogen and oxygen atoms in total. The van der Waals surface area contributed by atoms with E-state index < -0.39 is 6.04 Å². The zero-order valence-corrected chi connectivity index (χ0v) is 13.0. The lowest BCUT2D eigenvalue weighted by atomic mass is 10.1. The van der Waals surface area contributed by atoms with E-state index >= 15 is 0 Å². The van der Waals surface area contributed by atoms with Crippen LogP contribution >= 0.6 is 11.8 Å². The van der Waals surface area contributed by atoms with Crippen molar-refractivity contribution in [1.29, 1.82) is 0 Å². The zero-order chi connectivity index (χ0) is 15.0. The average molecular weight is 296 g/mol. The molecule has 0 radical (unpaired) electrons. The van der Waals surface area contributed by atoms with E-state index in [9.17, 15) is 9.90 Å². The second-order valence-corrected chi connectivity index (χ2v) is 6.27. The maximum atomic E-state index is 12.0. The Morgan fingerprint density at radius 1 is 1.40 bits per heavy atom. The van der Waals surface area contributed by atoms with E-state index in [1.165, 1.54) is 0 Å². The third-order valence-electron chi connectivity index (χ3n) is 3.02. The summed E-state index contributed by atoms with van der Waals surface area (Å²) in [5.41, 5.74) is 6.85. The number of carbonyl (C=O) groups is 1. The van der Waals surface area contributed by atoms with Gasteiger partial charge in [0.05, 0.1) is 6.04 Å². The smallest absolute Gasteiger partial charge is 0.237 e. The largest absolute Gasteiger partial charge is 0.508 e. The highest BCUT2D eigenvalue weighted by atomic mass is 32.2. The van der Waals surface area contributed by atoms with Gasteiger partial charge in [0.1, 0.15) is 5.75 Å². The van der Waals surface area contributed by atoms with Gasteiger partial charge in [0, 0.05) is 6.04 Å². The second kappa shape index (κ2) is 8.87. The van der Waals surface area contributed by atoms with Crippen LogP contribution in [0.5, 0.6) is 5.75 Å². The number of hydrogen-bond donors (Lipinski definition) is 3. The molecule has 2 atom stereocenters. The number of rotatable bonds is 8. The number of phenols is 1. The van der Waals surface area contributed by atoms with E-state index in [2.05, 4.69) is 12.2 Å². The molecule has 0 fully saturated rings. The summed E-state index contributed by atoms with van der Waals surface area (Å²) in [7, 11) is 0. The first-order chi connectivity index (χ1) is 9.52. The van der Waals surface area contributed by atoms with E-state index in [1.807, 2.05) is 18.7 Å². The number of carbonyl (C=O) groups excluding carboxylic acids is 1. The molecule has 1 amide bonds. The van der Waals surface area contributed by atoms with Crippen LogP contribution in [-0.4, -0.2) is 34.6 Å². The molecule has 4 N–H and O–H groups in total. The monoisotopic (exact) mass is 296 g/mol. The highest BCUT2D eigenvalue weighted by Gasteiger charge is 2.16. The second-order valence-electron chi connectivity index (χ2n) is 4.87. The minimum Gasteiger partial charge on any atom is -0.508 e. The molecule has 5 heteroatoms. The Morgan fingerprint density at radius 3 is 2.65 bits per heavy atom. The molecule has 0 aliphatic carbocycles. The van der Waals surface area contributed by atoms with E-state index in [4.69, 9.17) is 5.73 Å². The molecule has 1 rings (SSSR count). The van der Waals surface area contributed by atoms with Crippen molar-refractivity contribution in [2.24, 2.45) is 5.73 Å². The van der Waals surface area contributed by atoms with Gasteiger partial charge in [-0.25, -0.2) is 0 Å². The van der Waals surface area contributed by atoms with Crippen molar-refractivity contribution in [1.82, 2.24) is 5.32 Å². The number of benzene rings is 1. The summed E-state index contributed by atoms with van der Waals surface area (Å²) >= 11 is 1.87. The van der Waals surface area contributed by atoms with Crippen LogP contribution in [0.1, 0.15) is 25.8 Å². The minimum absolute atomic E-state index is 0.118. The Balaban J connectivity index is 2.36. The first kappa shape index (κ1) is 16.9. The molecule has 1 aromatic rings. The van der Waals surface area contributed by atoms with Crippen molar-refractivity contribution in [2.45, 2.75) is 38.8 Å². The van der Waals surface area contributed by atoms with Gasteiger partial charge in [-0.2, -0.15) is 11.8 Å². The molecule has 0 saturated carbocycles. The topological polar surface area (TPSA) is 75.4 Å². The summed E-state index contributed by atoms with van der Waals surface area (Å²) in [5, 5.41) is 12.2. The van der Waals surface area contributed by atoms with Gasteiger partial charge < -0.3 is 16.2 Å². The molecule has 112 valence electrons. The minimum atomic E-state index is -0.555. The molecule has 0 heterocycles. The first-order valence-electron chi connectivity index (χ1n) is 6.94. The SMILES string of the molecule is CCSCCC(C)NC(=O)C(N)Cc1ccc(O)cc1. The van der Waals surface area contributed by atoms with Crippen molar-refractivity contribution >= 4 is 17.7 Å². The predicted molar refractivity (Wildman–Crippen MR) is 85.0 cm³/mol. The van der Waals surface area contributed by atoms with Gasteiger partial charge in [-0.15, -0.1) is 0 Å². The van der Waals surface area contributed by atoms with E-state index in [0.717, 1.165) is 23.5 Å². The molecule has 0 saturated heterocycles. The van der Waals surface area contributed by atoms with Gasteiger partial charge in [0.15, 0.2) is 0 Å². The number of thioether (sulfide) groups is 1. The molecule has 2 unspecified atom stereocenters. The standard InChI is InChI=1S/C15H24N2O2S/c1-3-20-9-8-11(2)17-15(19)14(16)10-12-4-6-13(18)7-5-12/h4-7,11,14,18H,3,8-10,16H2,1-2H3,(H,17,19). The first-order valence-corrected chi connectivity index (χ1v) is 8.10. The van der Waals surface area contributed by atoms with Gasteiger partial charge in [0.25, 0.3) is 0 Å². The highest BCUT2D eigenvalue weighted by molar-refractivity contribution is 7.99. The van der Waals surface area contributed by atoms with Crippen LogP contribution in [0.25, 0.3) is 0 Å². The van der Waals surface area contributed by atoms with Crippen LogP contribution in [0.3, 0.4) is 0 Å². The maximum Gasteiger partial charge on any atom is 0.237 e. The summed E-state index contributed by atoms with van der Waals surface area (Å²) in [6, 6.07) is 6.36. The summed E-state index contributed by atoms with van der Waals surface area (Å²) in [6.45, 7) is 4.13. The maximum absolute atomic E-state index is 12.0. The zero-order valence-electron chi connectivity index (χ0n) is 12.1. The molecule has 0 aromatic heterocycles. The molecule has 0 bridgehead atoms.